The fourth-order valence-electron chi connectivity index (χ4n) is 4.81. The summed E-state index contributed by atoms with van der Waals surface area (Å²) < 4.78 is 6.16. The van der Waals surface area contributed by atoms with Gasteiger partial charge in [0, 0.05) is 53.7 Å². The van der Waals surface area contributed by atoms with Crippen molar-refractivity contribution in [2.24, 2.45) is 5.92 Å². The minimum Gasteiger partial charge on any atom is -0.381 e. The molecule has 0 radical (unpaired) electrons. The standard InChI is InChI=1S/C24H29Cl2N3O3S/c1-32-18-8-2-15(3-9-18)23(30)29-13-12-20(19(14-29)21-10-11-22(26)33-21)28-24(31)27-17-6-4-16(25)5-7-17/h4-7,10-11,15,18-20H,2-3,8-9,12-14H2,1H3,(H2,27,28,31)/t15?,18?,19-,20-/m1/s1. The molecular weight excluding hydrogens is 481 g/mol. The maximum absolute atomic E-state index is 13.3. The summed E-state index contributed by atoms with van der Waals surface area (Å²) in [5.41, 5.74) is 0.673. The third-order valence-corrected chi connectivity index (χ3v) is 8.27. The van der Waals surface area contributed by atoms with Crippen molar-refractivity contribution in [1.29, 1.82) is 0 Å². The Morgan fingerprint density at radius 2 is 1.76 bits per heavy atom. The molecule has 2 heterocycles. The predicted octanol–water partition coefficient (Wildman–Crippen LogP) is 5.77. The number of anilines is 1. The number of benzene rings is 1. The summed E-state index contributed by atoms with van der Waals surface area (Å²) in [5, 5.41) is 6.60. The molecule has 1 saturated heterocycles. The van der Waals surface area contributed by atoms with Crippen molar-refractivity contribution >= 4 is 52.2 Å². The van der Waals surface area contributed by atoms with Crippen molar-refractivity contribution in [2.75, 3.05) is 25.5 Å². The van der Waals surface area contributed by atoms with Crippen LogP contribution in [0.5, 0.6) is 0 Å². The normalized spacial score (nSPS) is 25.5. The fourth-order valence-corrected chi connectivity index (χ4v) is 6.16. The van der Waals surface area contributed by atoms with E-state index in [0.29, 0.717) is 34.6 Å². The summed E-state index contributed by atoms with van der Waals surface area (Å²) in [6.45, 7) is 1.20. The largest absolute Gasteiger partial charge is 0.381 e. The number of hydrogen-bond donors (Lipinski definition) is 2. The van der Waals surface area contributed by atoms with Crippen LogP contribution in [0.15, 0.2) is 36.4 Å². The first-order chi connectivity index (χ1) is 15.9. The van der Waals surface area contributed by atoms with Crippen molar-refractivity contribution in [3.8, 4) is 0 Å². The van der Waals surface area contributed by atoms with Gasteiger partial charge in [-0.15, -0.1) is 11.3 Å². The highest BCUT2D eigenvalue weighted by molar-refractivity contribution is 7.16. The number of ether oxygens (including phenoxy) is 1. The van der Waals surface area contributed by atoms with Crippen molar-refractivity contribution < 1.29 is 14.3 Å². The van der Waals surface area contributed by atoms with Gasteiger partial charge in [-0.05, 0) is 68.5 Å². The average molecular weight is 510 g/mol. The number of likely N-dealkylation sites (tertiary alicyclic amines) is 1. The zero-order chi connectivity index (χ0) is 23.4. The summed E-state index contributed by atoms with van der Waals surface area (Å²) >= 11 is 13.7. The van der Waals surface area contributed by atoms with Gasteiger partial charge in [0.15, 0.2) is 0 Å². The van der Waals surface area contributed by atoms with E-state index < -0.39 is 0 Å². The first-order valence-electron chi connectivity index (χ1n) is 11.3. The molecule has 2 fully saturated rings. The highest BCUT2D eigenvalue weighted by Crippen LogP contribution is 2.36. The number of piperidine rings is 1. The molecule has 6 nitrogen and oxygen atoms in total. The van der Waals surface area contributed by atoms with Crippen LogP contribution in [0.3, 0.4) is 0 Å². The number of rotatable bonds is 5. The lowest BCUT2D eigenvalue weighted by atomic mass is 9.84. The number of urea groups is 1. The van der Waals surface area contributed by atoms with Crippen molar-refractivity contribution in [2.45, 2.75) is 50.2 Å². The topological polar surface area (TPSA) is 70.7 Å². The molecular formula is C24H29Cl2N3O3S. The molecule has 0 unspecified atom stereocenters. The summed E-state index contributed by atoms with van der Waals surface area (Å²) in [6, 6.07) is 10.5. The molecule has 0 bridgehead atoms. The second-order valence-corrected chi connectivity index (χ2v) is 10.9. The zero-order valence-electron chi connectivity index (χ0n) is 18.6. The minimum absolute atomic E-state index is 0.00789. The van der Waals surface area contributed by atoms with E-state index in [0.717, 1.165) is 30.6 Å². The third kappa shape index (κ3) is 6.21. The Bertz CT molecular complexity index is 960. The van der Waals surface area contributed by atoms with Crippen molar-refractivity contribution in [1.82, 2.24) is 10.2 Å². The van der Waals surface area contributed by atoms with Gasteiger partial charge in [0.2, 0.25) is 5.91 Å². The highest BCUT2D eigenvalue weighted by atomic mass is 35.5. The Morgan fingerprint density at radius 3 is 2.39 bits per heavy atom. The number of hydrogen-bond acceptors (Lipinski definition) is 4. The van der Waals surface area contributed by atoms with Crippen LogP contribution in [0, 0.1) is 5.92 Å². The molecule has 1 aliphatic carbocycles. The van der Waals surface area contributed by atoms with Crippen LogP contribution >= 0.6 is 34.5 Å². The second kappa shape index (κ2) is 11.1. The van der Waals surface area contributed by atoms with E-state index in [1.54, 1.807) is 31.4 Å². The van der Waals surface area contributed by atoms with Gasteiger partial charge >= 0.3 is 6.03 Å². The van der Waals surface area contributed by atoms with Gasteiger partial charge in [-0.25, -0.2) is 4.79 Å². The number of carbonyl (C=O) groups is 2. The third-order valence-electron chi connectivity index (χ3n) is 6.66. The van der Waals surface area contributed by atoms with E-state index >= 15 is 0 Å². The zero-order valence-corrected chi connectivity index (χ0v) is 20.9. The molecule has 1 aliphatic heterocycles. The number of halogens is 2. The summed E-state index contributed by atoms with van der Waals surface area (Å²) in [7, 11) is 1.74. The van der Waals surface area contributed by atoms with Crippen LogP contribution in [-0.2, 0) is 9.53 Å². The Labute approximate surface area is 208 Å². The number of nitrogens with one attached hydrogen (secondary N) is 2. The van der Waals surface area contributed by atoms with Gasteiger partial charge in [0.1, 0.15) is 0 Å². The van der Waals surface area contributed by atoms with Crippen molar-refractivity contribution in [3.63, 3.8) is 0 Å². The van der Waals surface area contributed by atoms with E-state index in [-0.39, 0.29) is 35.9 Å². The first kappa shape index (κ1) is 24.3. The van der Waals surface area contributed by atoms with E-state index in [1.165, 1.54) is 11.3 Å². The Morgan fingerprint density at radius 1 is 1.03 bits per heavy atom. The van der Waals surface area contributed by atoms with Gasteiger partial charge in [-0.1, -0.05) is 23.2 Å². The van der Waals surface area contributed by atoms with Gasteiger partial charge in [0.25, 0.3) is 0 Å². The monoisotopic (exact) mass is 509 g/mol. The maximum Gasteiger partial charge on any atom is 0.319 e. The molecule has 33 heavy (non-hydrogen) atoms. The summed E-state index contributed by atoms with van der Waals surface area (Å²) in [5.74, 6) is 0.273. The summed E-state index contributed by atoms with van der Waals surface area (Å²) in [4.78, 5) is 29.0. The van der Waals surface area contributed by atoms with E-state index in [9.17, 15) is 9.59 Å². The van der Waals surface area contributed by atoms with Crippen LogP contribution < -0.4 is 10.6 Å². The molecule has 2 aromatic rings. The van der Waals surface area contributed by atoms with E-state index in [4.69, 9.17) is 27.9 Å². The lowest BCUT2D eigenvalue weighted by Crippen LogP contribution is -2.53. The molecule has 2 N–H and O–H groups in total. The molecule has 0 spiro atoms. The molecule has 2 aliphatic rings. The number of nitrogens with zero attached hydrogens (tertiary/aromatic N) is 1. The van der Waals surface area contributed by atoms with Gasteiger partial charge < -0.3 is 20.3 Å². The average Bonchev–Trinajstić information content (AvgIpc) is 3.26. The van der Waals surface area contributed by atoms with Crippen molar-refractivity contribution in [3.05, 3.63) is 50.6 Å². The Kier molecular flexibility index (Phi) is 8.17. The molecule has 4 rings (SSSR count). The van der Waals surface area contributed by atoms with Crippen LogP contribution in [0.2, 0.25) is 9.36 Å². The maximum atomic E-state index is 13.3. The quantitative estimate of drug-likeness (QED) is 0.537. The van der Waals surface area contributed by atoms with Gasteiger partial charge in [-0.3, -0.25) is 4.79 Å². The molecule has 3 amide bonds. The van der Waals surface area contributed by atoms with Gasteiger partial charge in [-0.2, -0.15) is 0 Å². The lowest BCUT2D eigenvalue weighted by molar-refractivity contribution is -0.138. The van der Waals surface area contributed by atoms with Crippen LogP contribution in [0.4, 0.5) is 10.5 Å². The number of methoxy groups -OCH3 is 1. The minimum atomic E-state index is -0.271. The van der Waals surface area contributed by atoms with Gasteiger partial charge in [0.05, 0.1) is 10.4 Å². The fraction of sp³-hybridized carbons (Fsp3) is 0.500. The Hall–Kier alpha value is -1.80. The van der Waals surface area contributed by atoms with E-state index in [2.05, 4.69) is 10.6 Å². The molecule has 178 valence electrons. The van der Waals surface area contributed by atoms with Crippen LogP contribution in [0.1, 0.15) is 42.9 Å². The molecule has 9 heteroatoms. The summed E-state index contributed by atoms with van der Waals surface area (Å²) in [6.07, 6.45) is 4.56. The molecule has 1 saturated carbocycles. The second-order valence-electron chi connectivity index (χ2n) is 8.74. The molecule has 1 aromatic heterocycles. The SMILES string of the molecule is COC1CCC(C(=O)N2CC[C@@H](NC(=O)Nc3ccc(Cl)cc3)[C@H](c3ccc(Cl)s3)C2)CC1. The first-order valence-corrected chi connectivity index (χ1v) is 12.9. The number of amides is 3. The molecule has 2 atom stereocenters. The smallest absolute Gasteiger partial charge is 0.319 e. The highest BCUT2D eigenvalue weighted by Gasteiger charge is 2.37. The lowest BCUT2D eigenvalue weighted by Gasteiger charge is -2.40. The number of carbonyl (C=O) groups excluding carboxylic acids is 2. The molecule has 1 aromatic carbocycles. The number of thiophene rings is 1. The predicted molar refractivity (Wildman–Crippen MR) is 133 cm³/mol. The van der Waals surface area contributed by atoms with E-state index in [1.807, 2.05) is 17.0 Å². The van der Waals surface area contributed by atoms with Crippen LogP contribution in [-0.4, -0.2) is 49.2 Å². The van der Waals surface area contributed by atoms with Crippen LogP contribution in [0.25, 0.3) is 0 Å². The Balaban J connectivity index is 1.42.